The highest BCUT2D eigenvalue weighted by molar-refractivity contribution is 5.99. The van der Waals surface area contributed by atoms with E-state index < -0.39 is 120 Å². The molecule has 10 amide bonds. The number of hydrogen-bond acceptors (Lipinski definition) is 15. The summed E-state index contributed by atoms with van der Waals surface area (Å²) in [6, 6.07) is 32.3. The van der Waals surface area contributed by atoms with Gasteiger partial charge in [-0.1, -0.05) is 140 Å². The number of amides is 10. The maximum atomic E-state index is 15.1. The molecule has 6 aromatic rings. The molecule has 0 spiro atoms. The van der Waals surface area contributed by atoms with E-state index in [1.165, 1.54) is 0 Å². The van der Waals surface area contributed by atoms with Gasteiger partial charge in [-0.25, -0.2) is 0 Å². The average molecular weight is 1350 g/mol. The van der Waals surface area contributed by atoms with Crippen LogP contribution in [0.15, 0.2) is 140 Å². The molecule has 98 heavy (non-hydrogen) atoms. The van der Waals surface area contributed by atoms with Crippen molar-refractivity contribution in [2.45, 2.75) is 151 Å². The van der Waals surface area contributed by atoms with Crippen LogP contribution in [-0.4, -0.2) is 153 Å². The Labute approximate surface area is 571 Å². The Balaban J connectivity index is 1.27. The lowest BCUT2D eigenvalue weighted by Gasteiger charge is -2.28. The van der Waals surface area contributed by atoms with E-state index in [1.54, 1.807) is 12.1 Å². The number of ether oxygens (including phenoxy) is 1. The SMILES string of the molecule is NCCCC[C@@H]1NC(=O)[C@H](Cc2ccc3ccccc3c2)NC(=O)COCCNC(=O)[C@H](Cc2ccc(-c3ccccc3)cc2)NC(=O)[C@H](CCCCN)NC(=O)[C@H](CCCCN)NC(=O)[C@H](Cc2ccc3ccccc3c2)NC(=O)[C@H](CCCCN)NC(=O)[C@H](CC(N)=O)NC1=O. The van der Waals surface area contributed by atoms with Crippen LogP contribution in [0.25, 0.3) is 32.7 Å². The molecule has 0 saturated carbocycles. The summed E-state index contributed by atoms with van der Waals surface area (Å²) in [5.41, 5.74) is 33.2. The van der Waals surface area contributed by atoms with Crippen molar-refractivity contribution < 1.29 is 52.7 Å². The van der Waals surface area contributed by atoms with Gasteiger partial charge in [0.25, 0.3) is 0 Å². The van der Waals surface area contributed by atoms with E-state index in [2.05, 4.69) is 47.9 Å². The second-order valence-electron chi connectivity index (χ2n) is 24.7. The predicted octanol–water partition coefficient (Wildman–Crippen LogP) is 2.10. The molecule has 1 saturated heterocycles. The van der Waals surface area contributed by atoms with E-state index in [0.29, 0.717) is 61.6 Å². The van der Waals surface area contributed by atoms with Crippen molar-refractivity contribution in [1.82, 2.24) is 47.9 Å². The fraction of sp³-hybridized carbons (Fsp3) is 0.425. The molecule has 1 heterocycles. The molecule has 1 aliphatic rings. The molecule has 7 rings (SSSR count). The molecule has 6 aromatic carbocycles. The molecule has 1 fully saturated rings. The van der Waals surface area contributed by atoms with E-state index in [9.17, 15) is 43.2 Å². The molecule has 25 nitrogen and oxygen atoms in total. The second kappa shape index (κ2) is 40.2. The molecule has 0 aromatic heterocycles. The van der Waals surface area contributed by atoms with Crippen molar-refractivity contribution in [3.05, 3.63) is 156 Å². The maximum Gasteiger partial charge on any atom is 0.246 e. The molecule has 0 unspecified atom stereocenters. The van der Waals surface area contributed by atoms with Gasteiger partial charge in [-0.2, -0.15) is 0 Å². The number of carbonyl (C=O) groups is 10. The molecular formula is C73H96N14O11. The summed E-state index contributed by atoms with van der Waals surface area (Å²) in [5.74, 6) is -8.11. The Morgan fingerprint density at radius 3 is 1.12 bits per heavy atom. The molecule has 0 aliphatic carbocycles. The van der Waals surface area contributed by atoms with E-state index in [-0.39, 0.29) is 90.7 Å². The normalized spacial score (nSPS) is 21.1. The van der Waals surface area contributed by atoms with Gasteiger partial charge in [-0.05, 0) is 153 Å². The molecule has 8 atom stereocenters. The number of fused-ring (bicyclic) bond motifs is 2. The van der Waals surface area contributed by atoms with Gasteiger partial charge in [0.2, 0.25) is 59.1 Å². The summed E-state index contributed by atoms with van der Waals surface area (Å²) in [7, 11) is 0. The Kier molecular flexibility index (Phi) is 31.0. The van der Waals surface area contributed by atoms with Crippen molar-refractivity contribution in [3.8, 4) is 11.1 Å². The van der Waals surface area contributed by atoms with E-state index in [0.717, 1.165) is 32.7 Å². The van der Waals surface area contributed by atoms with Gasteiger partial charge in [0.05, 0.1) is 13.0 Å². The lowest BCUT2D eigenvalue weighted by Crippen LogP contribution is -2.61. The van der Waals surface area contributed by atoms with Gasteiger partial charge in [0.1, 0.15) is 54.9 Å². The fourth-order valence-corrected chi connectivity index (χ4v) is 11.7. The van der Waals surface area contributed by atoms with Crippen LogP contribution in [0.1, 0.15) is 100 Å². The van der Waals surface area contributed by atoms with Gasteiger partial charge in [-0.3, -0.25) is 47.9 Å². The minimum atomic E-state index is -1.71. The van der Waals surface area contributed by atoms with Crippen LogP contribution in [0.2, 0.25) is 0 Å². The van der Waals surface area contributed by atoms with Gasteiger partial charge < -0.3 is 81.3 Å². The van der Waals surface area contributed by atoms with Crippen molar-refractivity contribution in [2.24, 2.45) is 28.7 Å². The highest BCUT2D eigenvalue weighted by atomic mass is 16.5. The van der Waals surface area contributed by atoms with Gasteiger partial charge in [0.15, 0.2) is 0 Å². The van der Waals surface area contributed by atoms with Crippen LogP contribution in [0.5, 0.6) is 0 Å². The summed E-state index contributed by atoms with van der Waals surface area (Å²) in [5, 5.41) is 28.6. The number of hydrogen-bond donors (Lipinski definition) is 14. The van der Waals surface area contributed by atoms with Gasteiger partial charge in [0, 0.05) is 25.8 Å². The van der Waals surface area contributed by atoms with Gasteiger partial charge >= 0.3 is 0 Å². The zero-order valence-corrected chi connectivity index (χ0v) is 55.5. The third-order valence-corrected chi connectivity index (χ3v) is 17.1. The Morgan fingerprint density at radius 1 is 0.357 bits per heavy atom. The molecule has 1 aliphatic heterocycles. The Bertz CT molecular complexity index is 3630. The molecule has 25 heteroatoms. The van der Waals surface area contributed by atoms with Crippen LogP contribution in [0, 0.1) is 0 Å². The molecule has 524 valence electrons. The number of unbranched alkanes of at least 4 members (excludes halogenated alkanes) is 4. The minimum absolute atomic E-state index is 0.00314. The molecular weight excluding hydrogens is 1250 g/mol. The first-order chi connectivity index (χ1) is 47.4. The summed E-state index contributed by atoms with van der Waals surface area (Å²) in [4.78, 5) is 145. The number of benzene rings is 6. The Morgan fingerprint density at radius 2 is 0.694 bits per heavy atom. The minimum Gasteiger partial charge on any atom is -0.370 e. The quantitative estimate of drug-likeness (QED) is 0.0365. The lowest BCUT2D eigenvalue weighted by atomic mass is 9.99. The average Bonchev–Trinajstić information content (AvgIpc) is 0.863. The second-order valence-corrected chi connectivity index (χ2v) is 24.7. The number of nitrogens with two attached hydrogens (primary N) is 5. The number of carbonyl (C=O) groups excluding carboxylic acids is 10. The monoisotopic (exact) mass is 1340 g/mol. The highest BCUT2D eigenvalue weighted by Crippen LogP contribution is 2.22. The number of primary amides is 1. The van der Waals surface area contributed by atoms with Crippen molar-refractivity contribution in [2.75, 3.05) is 45.9 Å². The topological polar surface area (TPSA) is 418 Å². The van der Waals surface area contributed by atoms with E-state index in [4.69, 9.17) is 33.4 Å². The third kappa shape index (κ3) is 24.5. The third-order valence-electron chi connectivity index (χ3n) is 17.1. The zero-order chi connectivity index (χ0) is 70.2. The van der Waals surface area contributed by atoms with Crippen LogP contribution >= 0.6 is 0 Å². The van der Waals surface area contributed by atoms with Crippen molar-refractivity contribution in [3.63, 3.8) is 0 Å². The highest BCUT2D eigenvalue weighted by Gasteiger charge is 2.36. The summed E-state index contributed by atoms with van der Waals surface area (Å²) in [6.45, 7) is 0.0671. The molecule has 0 radical (unpaired) electrons. The van der Waals surface area contributed by atoms with Crippen molar-refractivity contribution in [1.29, 1.82) is 0 Å². The van der Waals surface area contributed by atoms with Crippen LogP contribution in [0.4, 0.5) is 0 Å². The largest absolute Gasteiger partial charge is 0.370 e. The van der Waals surface area contributed by atoms with E-state index >= 15 is 4.79 Å². The van der Waals surface area contributed by atoms with Crippen LogP contribution in [0.3, 0.4) is 0 Å². The molecule has 0 bridgehead atoms. The first-order valence-corrected chi connectivity index (χ1v) is 33.9. The van der Waals surface area contributed by atoms with Crippen LogP contribution in [-0.2, 0) is 71.9 Å². The number of nitrogens with one attached hydrogen (secondary N) is 9. The summed E-state index contributed by atoms with van der Waals surface area (Å²) in [6.07, 6.45) is 2.26. The van der Waals surface area contributed by atoms with E-state index in [1.807, 2.05) is 127 Å². The van der Waals surface area contributed by atoms with Crippen LogP contribution < -0.4 is 76.5 Å². The van der Waals surface area contributed by atoms with Crippen molar-refractivity contribution >= 4 is 80.6 Å². The summed E-state index contributed by atoms with van der Waals surface area (Å²) >= 11 is 0. The molecule has 19 N–H and O–H groups in total. The van der Waals surface area contributed by atoms with Gasteiger partial charge in [-0.15, -0.1) is 0 Å². The summed E-state index contributed by atoms with van der Waals surface area (Å²) < 4.78 is 5.78. The smallest absolute Gasteiger partial charge is 0.246 e. The first kappa shape index (κ1) is 75.7. The zero-order valence-electron chi connectivity index (χ0n) is 55.5. The standard InChI is InChI=1S/C73H96N14O11/c74-34-12-8-22-56-67(91)81-57(23-9-13-35-75)68(92)85-60(42-47-26-30-53(31-27-47)50-16-2-1-3-17-50)66(90)79-38-39-98-46-65(89)80-61(43-48-28-32-51-18-4-6-20-54(51)40-48)71(95)82-59(25-11-15-37-77)70(94)87-63(45-64(78)88)73(97)84-58(24-10-14-36-76)69(93)86-62(72(96)83-56)44-49-29-33-52-19-5-7-21-55(52)41-49/h1-7,16-21,26-33,40-41,56-63H,8-15,22-25,34-39,42-46,74-77H2,(H2,78,88)(H,79,90)(H,80,89)(H,81,91)(H,82,95)(H,83,96)(H,84,97)(H,85,92)(H,86,93)(H,87,94)/t56-,57-,58-,59-,60-,61-,62-,63-/m0/s1. The fourth-order valence-electron chi connectivity index (χ4n) is 11.7. The number of rotatable bonds is 25. The Hall–Kier alpha value is -9.66. The lowest BCUT2D eigenvalue weighted by molar-refractivity contribution is -0.136. The first-order valence-electron chi connectivity index (χ1n) is 33.9. The predicted molar refractivity (Wildman–Crippen MR) is 376 cm³/mol. The maximum absolute atomic E-state index is 15.1.